The van der Waals surface area contributed by atoms with Crippen molar-refractivity contribution >= 4 is 23.0 Å². The zero-order chi connectivity index (χ0) is 15.8. The Morgan fingerprint density at radius 3 is 2.24 bits per heavy atom. The molecule has 1 aliphatic heterocycles. The standard InChI is InChI=1S/C15H17ClFNO.C2H6/c1-11(19)15(12-2-4-13(16)5-3-12)10-18-8-6-14(17)7-9-18;1-2/h2-5,10,14H,6-9H2,1H3;1-2H3/b15-10+;. The Kier molecular flexibility index (Phi) is 7.44. The van der Waals surface area contributed by atoms with Gasteiger partial charge in [-0.15, -0.1) is 0 Å². The molecule has 116 valence electrons. The van der Waals surface area contributed by atoms with Crippen LogP contribution in [0, 0.1) is 0 Å². The highest BCUT2D eigenvalue weighted by Crippen LogP contribution is 2.21. The third-order valence-corrected chi connectivity index (χ3v) is 3.56. The Morgan fingerprint density at radius 2 is 1.76 bits per heavy atom. The van der Waals surface area contributed by atoms with E-state index >= 15 is 0 Å². The first-order valence-corrected chi connectivity index (χ1v) is 7.81. The zero-order valence-electron chi connectivity index (χ0n) is 12.9. The second-order valence-electron chi connectivity index (χ2n) is 4.82. The second kappa shape index (κ2) is 8.83. The first kappa shape index (κ1) is 17.7. The summed E-state index contributed by atoms with van der Waals surface area (Å²) in [7, 11) is 0. The number of carbonyl (C=O) groups excluding carboxylic acids is 1. The zero-order valence-corrected chi connectivity index (χ0v) is 13.7. The molecule has 1 heterocycles. The number of rotatable bonds is 3. The number of likely N-dealkylation sites (tertiary alicyclic amines) is 1. The number of benzene rings is 1. The molecule has 0 saturated carbocycles. The van der Waals surface area contributed by atoms with E-state index in [0.717, 1.165) is 5.56 Å². The van der Waals surface area contributed by atoms with Crippen LogP contribution < -0.4 is 0 Å². The number of allylic oxidation sites excluding steroid dienone is 1. The third kappa shape index (κ3) is 5.50. The fraction of sp³-hybridized carbons (Fsp3) is 0.471. The third-order valence-electron chi connectivity index (χ3n) is 3.31. The van der Waals surface area contributed by atoms with Gasteiger partial charge in [-0.2, -0.15) is 0 Å². The SMILES string of the molecule is CC.CC(=O)/C(=C\N1CCC(F)CC1)c1ccc(Cl)cc1. The van der Waals surface area contributed by atoms with Crippen LogP contribution in [0.5, 0.6) is 0 Å². The number of nitrogens with zero attached hydrogens (tertiary/aromatic N) is 1. The van der Waals surface area contributed by atoms with E-state index in [1.54, 1.807) is 19.1 Å². The minimum atomic E-state index is -0.707. The largest absolute Gasteiger partial charge is 0.377 e. The van der Waals surface area contributed by atoms with Crippen molar-refractivity contribution in [2.45, 2.75) is 39.8 Å². The van der Waals surface area contributed by atoms with Crippen molar-refractivity contribution in [2.75, 3.05) is 13.1 Å². The fourth-order valence-corrected chi connectivity index (χ4v) is 2.30. The van der Waals surface area contributed by atoms with E-state index in [2.05, 4.69) is 0 Å². The molecule has 4 heteroatoms. The lowest BCUT2D eigenvalue weighted by molar-refractivity contribution is -0.111. The van der Waals surface area contributed by atoms with E-state index in [-0.39, 0.29) is 5.78 Å². The number of alkyl halides is 1. The Morgan fingerprint density at radius 1 is 1.24 bits per heavy atom. The monoisotopic (exact) mass is 311 g/mol. The van der Waals surface area contributed by atoms with E-state index in [9.17, 15) is 9.18 Å². The van der Waals surface area contributed by atoms with Gasteiger partial charge in [0, 0.05) is 29.9 Å². The van der Waals surface area contributed by atoms with Crippen molar-refractivity contribution in [3.05, 3.63) is 41.1 Å². The molecule has 0 N–H and O–H groups in total. The van der Waals surface area contributed by atoms with Gasteiger partial charge in [-0.25, -0.2) is 4.39 Å². The Bertz CT molecular complexity index is 476. The van der Waals surface area contributed by atoms with Crippen LogP contribution in [-0.2, 0) is 4.79 Å². The molecule has 1 aromatic rings. The first-order chi connectivity index (χ1) is 10.1. The van der Waals surface area contributed by atoms with Crippen molar-refractivity contribution in [1.29, 1.82) is 0 Å². The van der Waals surface area contributed by atoms with Crippen LogP contribution in [-0.4, -0.2) is 29.9 Å². The van der Waals surface area contributed by atoms with Crippen molar-refractivity contribution in [3.8, 4) is 0 Å². The number of halogens is 2. The van der Waals surface area contributed by atoms with Gasteiger partial charge in [0.25, 0.3) is 0 Å². The molecule has 0 amide bonds. The minimum Gasteiger partial charge on any atom is -0.377 e. The summed E-state index contributed by atoms with van der Waals surface area (Å²) in [5.74, 6) is 0.00435. The van der Waals surface area contributed by atoms with E-state index < -0.39 is 6.17 Å². The maximum absolute atomic E-state index is 13.1. The van der Waals surface area contributed by atoms with Crippen LogP contribution in [0.1, 0.15) is 39.2 Å². The van der Waals surface area contributed by atoms with Crippen LogP contribution in [0.3, 0.4) is 0 Å². The Balaban J connectivity index is 0.00000106. The summed E-state index contributed by atoms with van der Waals surface area (Å²) in [5, 5.41) is 0.643. The Labute approximate surface area is 131 Å². The molecule has 0 atom stereocenters. The van der Waals surface area contributed by atoms with Gasteiger partial charge in [-0.1, -0.05) is 37.6 Å². The van der Waals surface area contributed by atoms with Crippen LogP contribution >= 0.6 is 11.6 Å². The lowest BCUT2D eigenvalue weighted by atomic mass is 10.0. The molecule has 0 aliphatic carbocycles. The summed E-state index contributed by atoms with van der Waals surface area (Å²) in [5.41, 5.74) is 1.49. The van der Waals surface area contributed by atoms with Crippen molar-refractivity contribution in [1.82, 2.24) is 4.90 Å². The highest BCUT2D eigenvalue weighted by atomic mass is 35.5. The second-order valence-corrected chi connectivity index (χ2v) is 5.25. The lowest BCUT2D eigenvalue weighted by Gasteiger charge is -2.28. The lowest BCUT2D eigenvalue weighted by Crippen LogP contribution is -2.30. The number of ketones is 1. The van der Waals surface area contributed by atoms with Gasteiger partial charge >= 0.3 is 0 Å². The van der Waals surface area contributed by atoms with E-state index in [1.807, 2.05) is 37.1 Å². The number of Topliss-reactive ketones (excluding diaryl/α,β-unsaturated/α-hetero) is 1. The van der Waals surface area contributed by atoms with Gasteiger partial charge in [0.1, 0.15) is 6.17 Å². The molecule has 0 bridgehead atoms. The highest BCUT2D eigenvalue weighted by Gasteiger charge is 2.17. The van der Waals surface area contributed by atoms with Gasteiger partial charge < -0.3 is 4.90 Å². The molecule has 1 aliphatic rings. The van der Waals surface area contributed by atoms with Gasteiger partial charge in [-0.05, 0) is 37.5 Å². The van der Waals surface area contributed by atoms with Crippen molar-refractivity contribution in [2.24, 2.45) is 0 Å². The quantitative estimate of drug-likeness (QED) is 0.752. The normalized spacial score (nSPS) is 16.2. The number of hydrogen-bond acceptors (Lipinski definition) is 2. The van der Waals surface area contributed by atoms with Crippen LogP contribution in [0.2, 0.25) is 5.02 Å². The molecule has 2 rings (SSSR count). The average molecular weight is 312 g/mol. The number of hydrogen-bond donors (Lipinski definition) is 0. The molecule has 0 unspecified atom stereocenters. The number of carbonyl (C=O) groups is 1. The molecular weight excluding hydrogens is 289 g/mol. The molecule has 1 fully saturated rings. The summed E-state index contributed by atoms with van der Waals surface area (Å²) in [4.78, 5) is 13.8. The molecular formula is C17H23ClFNO. The van der Waals surface area contributed by atoms with Crippen LogP contribution in [0.4, 0.5) is 4.39 Å². The number of piperidine rings is 1. The highest BCUT2D eigenvalue weighted by molar-refractivity contribution is 6.30. The van der Waals surface area contributed by atoms with Crippen molar-refractivity contribution < 1.29 is 9.18 Å². The smallest absolute Gasteiger partial charge is 0.161 e. The van der Waals surface area contributed by atoms with E-state index in [4.69, 9.17) is 11.6 Å². The van der Waals surface area contributed by atoms with E-state index in [1.165, 1.54) is 0 Å². The van der Waals surface area contributed by atoms with Gasteiger partial charge in [0.05, 0.1) is 0 Å². The Hall–Kier alpha value is -1.35. The predicted molar refractivity (Wildman–Crippen MR) is 87.2 cm³/mol. The van der Waals surface area contributed by atoms with Crippen LogP contribution in [0.25, 0.3) is 5.57 Å². The van der Waals surface area contributed by atoms with Gasteiger partial charge in [-0.3, -0.25) is 4.79 Å². The molecule has 1 aromatic carbocycles. The average Bonchev–Trinajstić information content (AvgIpc) is 2.49. The summed E-state index contributed by atoms with van der Waals surface area (Å²) >= 11 is 5.85. The van der Waals surface area contributed by atoms with Gasteiger partial charge in [0.15, 0.2) is 5.78 Å². The molecule has 0 radical (unpaired) electrons. The summed E-state index contributed by atoms with van der Waals surface area (Å²) in [6.07, 6.45) is 2.20. The molecule has 21 heavy (non-hydrogen) atoms. The molecule has 2 nitrogen and oxygen atoms in total. The minimum absolute atomic E-state index is 0.00435. The maximum Gasteiger partial charge on any atom is 0.161 e. The summed E-state index contributed by atoms with van der Waals surface area (Å²) in [6.45, 7) is 6.86. The molecule has 0 aromatic heterocycles. The first-order valence-electron chi connectivity index (χ1n) is 7.43. The fourth-order valence-electron chi connectivity index (χ4n) is 2.18. The maximum atomic E-state index is 13.1. The molecule has 1 saturated heterocycles. The van der Waals surface area contributed by atoms with Crippen LogP contribution in [0.15, 0.2) is 30.5 Å². The predicted octanol–water partition coefficient (Wildman–Crippen LogP) is 4.73. The van der Waals surface area contributed by atoms with Gasteiger partial charge in [0.2, 0.25) is 0 Å². The summed E-state index contributed by atoms with van der Waals surface area (Å²) < 4.78 is 13.1. The summed E-state index contributed by atoms with van der Waals surface area (Å²) in [6, 6.07) is 7.19. The van der Waals surface area contributed by atoms with Crippen molar-refractivity contribution in [3.63, 3.8) is 0 Å². The van der Waals surface area contributed by atoms with E-state index in [0.29, 0.717) is 36.5 Å². The molecule has 0 spiro atoms. The topological polar surface area (TPSA) is 20.3 Å².